The lowest BCUT2D eigenvalue weighted by Gasteiger charge is -2.17. The molecule has 82 valence electrons. The van der Waals surface area contributed by atoms with Gasteiger partial charge < -0.3 is 9.47 Å². The highest BCUT2D eigenvalue weighted by atomic mass is 16.6. The summed E-state index contributed by atoms with van der Waals surface area (Å²) in [6.45, 7) is 3.22. The summed E-state index contributed by atoms with van der Waals surface area (Å²) < 4.78 is 9.12. The predicted molar refractivity (Wildman–Crippen MR) is 54.0 cm³/mol. The van der Waals surface area contributed by atoms with Crippen LogP contribution in [-0.2, 0) is 14.3 Å². The molecule has 0 aromatic carbocycles. The molecule has 0 rings (SSSR count). The van der Waals surface area contributed by atoms with Crippen LogP contribution < -0.4 is 0 Å². The Hall–Kier alpha value is -1.96. The number of ether oxygens (including phenoxy) is 2. The number of esters is 1. The number of rotatable bonds is 5. The molecule has 0 heterocycles. The van der Waals surface area contributed by atoms with Crippen molar-refractivity contribution >= 4 is 12.1 Å². The molecular formula is C10H13NO4. The molecule has 1 amide bonds. The third-order valence-corrected chi connectivity index (χ3v) is 1.41. The number of methoxy groups -OCH3 is 1. The fraction of sp³-hybridized carbons (Fsp3) is 0.400. The fourth-order valence-corrected chi connectivity index (χ4v) is 0.737. The van der Waals surface area contributed by atoms with Gasteiger partial charge in [-0.3, -0.25) is 9.69 Å². The molecule has 0 saturated carbocycles. The molecule has 0 aliphatic rings. The summed E-state index contributed by atoms with van der Waals surface area (Å²) in [6, 6.07) is 0. The number of hydrogen-bond acceptors (Lipinski definition) is 4. The van der Waals surface area contributed by atoms with Gasteiger partial charge in [0.15, 0.2) is 0 Å². The maximum Gasteiger partial charge on any atom is 0.411 e. The van der Waals surface area contributed by atoms with E-state index < -0.39 is 12.1 Å². The van der Waals surface area contributed by atoms with Gasteiger partial charge in [0.25, 0.3) is 0 Å². The Morgan fingerprint density at radius 3 is 2.73 bits per heavy atom. The van der Waals surface area contributed by atoms with Crippen LogP contribution in [0.1, 0.15) is 0 Å². The molecule has 5 nitrogen and oxygen atoms in total. The first-order valence-corrected chi connectivity index (χ1v) is 4.18. The predicted octanol–water partition coefficient (Wildman–Crippen LogP) is 0.417. The Balaban J connectivity index is 4.25. The summed E-state index contributed by atoms with van der Waals surface area (Å²) in [5, 5.41) is 0. The molecule has 5 heteroatoms. The van der Waals surface area contributed by atoms with Crippen molar-refractivity contribution in [2.24, 2.45) is 0 Å². The second-order valence-electron chi connectivity index (χ2n) is 2.50. The molecule has 0 fully saturated rings. The van der Waals surface area contributed by atoms with Crippen LogP contribution in [0.15, 0.2) is 12.7 Å². The highest BCUT2D eigenvalue weighted by molar-refractivity contribution is 5.78. The van der Waals surface area contributed by atoms with Crippen LogP contribution in [0.5, 0.6) is 0 Å². The Kier molecular flexibility index (Phi) is 6.47. The molecule has 0 saturated heterocycles. The van der Waals surface area contributed by atoms with Crippen LogP contribution in [0.25, 0.3) is 0 Å². The average Bonchev–Trinajstić information content (AvgIpc) is 2.24. The van der Waals surface area contributed by atoms with Gasteiger partial charge in [0.2, 0.25) is 0 Å². The third kappa shape index (κ3) is 5.37. The Bertz CT molecular complexity index is 280. The topological polar surface area (TPSA) is 55.8 Å². The first-order valence-electron chi connectivity index (χ1n) is 4.18. The molecule has 0 N–H and O–H groups in total. The molecule has 0 spiro atoms. The van der Waals surface area contributed by atoms with Gasteiger partial charge in [-0.25, -0.2) is 4.79 Å². The van der Waals surface area contributed by atoms with Crippen molar-refractivity contribution in [1.82, 2.24) is 4.90 Å². The minimum atomic E-state index is -0.668. The van der Waals surface area contributed by atoms with Gasteiger partial charge in [-0.1, -0.05) is 18.6 Å². The quantitative estimate of drug-likeness (QED) is 0.375. The minimum absolute atomic E-state index is 0.00885. The van der Waals surface area contributed by atoms with Crippen molar-refractivity contribution in [3.8, 4) is 12.3 Å². The van der Waals surface area contributed by atoms with Crippen LogP contribution in [0.2, 0.25) is 0 Å². The second kappa shape index (κ2) is 7.44. The summed E-state index contributed by atoms with van der Waals surface area (Å²) in [6.07, 6.45) is 5.79. The van der Waals surface area contributed by atoms with Gasteiger partial charge in [0.05, 0.1) is 13.7 Å². The van der Waals surface area contributed by atoms with E-state index in [1.807, 2.05) is 0 Å². The van der Waals surface area contributed by atoms with Crippen molar-refractivity contribution < 1.29 is 19.1 Å². The molecule has 0 aliphatic carbocycles. The molecule has 15 heavy (non-hydrogen) atoms. The zero-order chi connectivity index (χ0) is 11.7. The fourth-order valence-electron chi connectivity index (χ4n) is 0.737. The molecule has 0 bridgehead atoms. The van der Waals surface area contributed by atoms with Crippen molar-refractivity contribution in [1.29, 1.82) is 0 Å². The number of terminal acetylenes is 1. The summed E-state index contributed by atoms with van der Waals surface area (Å²) in [4.78, 5) is 23.3. The number of hydrogen-bond donors (Lipinski definition) is 0. The highest BCUT2D eigenvalue weighted by Crippen LogP contribution is 1.94. The van der Waals surface area contributed by atoms with Gasteiger partial charge in [-0.2, -0.15) is 0 Å². The molecule has 0 radical (unpaired) electrons. The van der Waals surface area contributed by atoms with Crippen molar-refractivity contribution in [2.75, 3.05) is 26.8 Å². The summed E-state index contributed by atoms with van der Waals surface area (Å²) in [7, 11) is 1.23. The average molecular weight is 211 g/mol. The monoisotopic (exact) mass is 211 g/mol. The maximum absolute atomic E-state index is 11.3. The lowest BCUT2D eigenvalue weighted by molar-refractivity contribution is -0.141. The molecular weight excluding hydrogens is 198 g/mol. The van der Waals surface area contributed by atoms with E-state index in [4.69, 9.17) is 11.2 Å². The minimum Gasteiger partial charge on any atom is -0.468 e. The zero-order valence-corrected chi connectivity index (χ0v) is 8.56. The van der Waals surface area contributed by atoms with Gasteiger partial charge in [-0.05, 0) is 0 Å². The van der Waals surface area contributed by atoms with E-state index in [1.165, 1.54) is 13.2 Å². The third-order valence-electron chi connectivity index (χ3n) is 1.41. The summed E-state index contributed by atoms with van der Waals surface area (Å²) in [5.41, 5.74) is 0. The van der Waals surface area contributed by atoms with Crippen molar-refractivity contribution in [3.63, 3.8) is 0 Å². The second-order valence-corrected chi connectivity index (χ2v) is 2.50. The van der Waals surface area contributed by atoms with E-state index >= 15 is 0 Å². The van der Waals surface area contributed by atoms with Crippen LogP contribution in [-0.4, -0.2) is 43.8 Å². The van der Waals surface area contributed by atoms with Gasteiger partial charge >= 0.3 is 12.1 Å². The zero-order valence-electron chi connectivity index (χ0n) is 8.56. The number of carbonyl (C=O) groups excluding carboxylic acids is 2. The first kappa shape index (κ1) is 13.0. The molecule has 0 aliphatic heterocycles. The van der Waals surface area contributed by atoms with Crippen LogP contribution in [0.4, 0.5) is 4.79 Å². The molecule has 0 unspecified atom stereocenters. The summed E-state index contributed by atoms with van der Waals surface area (Å²) in [5.74, 6) is 1.69. The van der Waals surface area contributed by atoms with E-state index in [1.54, 1.807) is 0 Å². The maximum atomic E-state index is 11.3. The Labute approximate surface area is 88.6 Å². The molecule has 0 atom stereocenters. The lowest BCUT2D eigenvalue weighted by atomic mass is 10.5. The largest absolute Gasteiger partial charge is 0.468 e. The first-order chi connectivity index (χ1) is 7.15. The highest BCUT2D eigenvalue weighted by Gasteiger charge is 2.17. The number of carbonyl (C=O) groups is 2. The molecule has 0 aromatic heterocycles. The smallest absolute Gasteiger partial charge is 0.411 e. The Morgan fingerprint density at radius 1 is 1.60 bits per heavy atom. The standard InChI is InChI=1S/C10H13NO4/c1-4-6-11(8-9(12)14-3)10(13)15-7-5-2/h1,5H,2,6-8H2,3H3. The van der Waals surface area contributed by atoms with Gasteiger partial charge in [-0.15, -0.1) is 6.42 Å². The van der Waals surface area contributed by atoms with Crippen LogP contribution in [0, 0.1) is 12.3 Å². The van der Waals surface area contributed by atoms with Gasteiger partial charge in [0, 0.05) is 0 Å². The van der Waals surface area contributed by atoms with E-state index in [-0.39, 0.29) is 19.7 Å². The number of amides is 1. The molecule has 0 aromatic rings. The lowest BCUT2D eigenvalue weighted by Crippen LogP contribution is -2.36. The van der Waals surface area contributed by atoms with E-state index in [0.29, 0.717) is 0 Å². The number of nitrogens with zero attached hydrogens (tertiary/aromatic N) is 1. The SMILES string of the molecule is C#CCN(CC(=O)OC)C(=O)OCC=C. The van der Waals surface area contributed by atoms with Gasteiger partial charge in [0.1, 0.15) is 13.2 Å². The van der Waals surface area contributed by atoms with E-state index in [9.17, 15) is 9.59 Å². The van der Waals surface area contributed by atoms with Crippen molar-refractivity contribution in [3.05, 3.63) is 12.7 Å². The Morgan fingerprint density at radius 2 is 2.27 bits per heavy atom. The summed E-state index contributed by atoms with van der Waals surface area (Å²) >= 11 is 0. The van der Waals surface area contributed by atoms with Crippen LogP contribution >= 0.6 is 0 Å². The van der Waals surface area contributed by atoms with Crippen LogP contribution in [0.3, 0.4) is 0 Å². The van der Waals surface area contributed by atoms with E-state index in [0.717, 1.165) is 4.90 Å². The van der Waals surface area contributed by atoms with E-state index in [2.05, 4.69) is 17.2 Å². The normalized spacial score (nSPS) is 8.53. The van der Waals surface area contributed by atoms with Crippen molar-refractivity contribution in [2.45, 2.75) is 0 Å².